The Bertz CT molecular complexity index is 676. The lowest BCUT2D eigenvalue weighted by molar-refractivity contribution is -0.127. The molecule has 5 nitrogen and oxygen atoms in total. The van der Waals surface area contributed by atoms with Crippen LogP contribution in [0, 0.1) is 10.2 Å². The summed E-state index contributed by atoms with van der Waals surface area (Å²) in [4.78, 5) is 4.06. The molecule has 3 rings (SSSR count). The molecule has 21 heavy (non-hydrogen) atoms. The van der Waals surface area contributed by atoms with Gasteiger partial charge in [-0.25, -0.2) is 0 Å². The highest BCUT2D eigenvalue weighted by Gasteiger charge is 2.50. The van der Waals surface area contributed by atoms with Crippen LogP contribution in [0.25, 0.3) is 11.4 Å². The first-order valence-corrected chi connectivity index (χ1v) is 7.65. The molecule has 112 valence electrons. The fourth-order valence-corrected chi connectivity index (χ4v) is 3.34. The van der Waals surface area contributed by atoms with E-state index in [1.54, 1.807) is 12.4 Å². The first-order chi connectivity index (χ1) is 10.1. The van der Waals surface area contributed by atoms with E-state index >= 15 is 0 Å². The Morgan fingerprint density at radius 2 is 2.14 bits per heavy atom. The van der Waals surface area contributed by atoms with E-state index in [1.165, 1.54) is 0 Å². The van der Waals surface area contributed by atoms with Crippen molar-refractivity contribution in [3.8, 4) is 11.4 Å². The van der Waals surface area contributed by atoms with Crippen LogP contribution < -0.4 is 0 Å². The maximum Gasteiger partial charge on any atom is 0.195 e. The van der Waals surface area contributed by atoms with Crippen LogP contribution >= 0.6 is 12.2 Å². The molecular formula is C15H20N4OS. The van der Waals surface area contributed by atoms with E-state index in [-0.39, 0.29) is 11.5 Å². The van der Waals surface area contributed by atoms with Crippen molar-refractivity contribution < 1.29 is 4.74 Å². The Kier molecular flexibility index (Phi) is 3.67. The van der Waals surface area contributed by atoms with Crippen molar-refractivity contribution in [2.24, 2.45) is 5.41 Å². The van der Waals surface area contributed by atoms with E-state index in [4.69, 9.17) is 17.0 Å². The van der Waals surface area contributed by atoms with Crippen molar-refractivity contribution in [1.29, 1.82) is 0 Å². The van der Waals surface area contributed by atoms with Crippen molar-refractivity contribution >= 4 is 12.2 Å². The van der Waals surface area contributed by atoms with Gasteiger partial charge in [-0.05, 0) is 37.7 Å². The van der Waals surface area contributed by atoms with Gasteiger partial charge in [-0.1, -0.05) is 13.8 Å². The van der Waals surface area contributed by atoms with Crippen LogP contribution in [0.2, 0.25) is 0 Å². The average molecular weight is 304 g/mol. The number of hydrogen-bond donors (Lipinski definition) is 1. The first kappa shape index (κ1) is 14.4. The number of rotatable bonds is 4. The van der Waals surface area contributed by atoms with Gasteiger partial charge in [0.15, 0.2) is 10.6 Å². The third-order valence-electron chi connectivity index (χ3n) is 4.45. The van der Waals surface area contributed by atoms with E-state index in [0.29, 0.717) is 10.8 Å². The van der Waals surface area contributed by atoms with Crippen LogP contribution in [0.4, 0.5) is 0 Å². The zero-order valence-corrected chi connectivity index (χ0v) is 13.4. The second-order valence-corrected chi connectivity index (χ2v) is 6.36. The molecule has 0 saturated heterocycles. The van der Waals surface area contributed by atoms with Crippen molar-refractivity contribution in [2.75, 3.05) is 6.61 Å². The molecule has 0 bridgehead atoms. The fraction of sp³-hybridized carbons (Fsp3) is 0.533. The summed E-state index contributed by atoms with van der Waals surface area (Å²) >= 11 is 5.44. The van der Waals surface area contributed by atoms with Gasteiger partial charge >= 0.3 is 0 Å². The summed E-state index contributed by atoms with van der Waals surface area (Å²) in [5.41, 5.74) is 1.06. The topological polar surface area (TPSA) is 55.7 Å². The molecule has 1 aliphatic carbocycles. The second-order valence-electron chi connectivity index (χ2n) is 5.98. The summed E-state index contributed by atoms with van der Waals surface area (Å²) in [5, 5.41) is 7.33. The van der Waals surface area contributed by atoms with Gasteiger partial charge in [0.25, 0.3) is 0 Å². The summed E-state index contributed by atoms with van der Waals surface area (Å²) < 4.78 is 8.61. The largest absolute Gasteiger partial charge is 0.378 e. The minimum Gasteiger partial charge on any atom is -0.378 e. The van der Waals surface area contributed by atoms with Gasteiger partial charge < -0.3 is 4.74 Å². The number of ether oxygens (including phenoxy) is 1. The minimum absolute atomic E-state index is 0.0416. The van der Waals surface area contributed by atoms with Crippen LogP contribution in [0.1, 0.15) is 33.2 Å². The summed E-state index contributed by atoms with van der Waals surface area (Å²) in [7, 11) is 0. The molecule has 2 aromatic heterocycles. The zero-order chi connectivity index (χ0) is 15.0. The maximum atomic E-state index is 5.82. The maximum absolute atomic E-state index is 5.82. The number of aromatic amines is 1. The molecule has 2 heterocycles. The third-order valence-corrected chi connectivity index (χ3v) is 4.74. The second kappa shape index (κ2) is 5.35. The van der Waals surface area contributed by atoms with Gasteiger partial charge in [-0.3, -0.25) is 14.6 Å². The van der Waals surface area contributed by atoms with Gasteiger partial charge in [-0.15, -0.1) is 0 Å². The normalized spacial score (nSPS) is 23.8. The molecule has 0 amide bonds. The molecule has 0 radical (unpaired) electrons. The van der Waals surface area contributed by atoms with Crippen LogP contribution in [0.15, 0.2) is 24.5 Å². The van der Waals surface area contributed by atoms with Gasteiger partial charge in [0.1, 0.15) is 0 Å². The van der Waals surface area contributed by atoms with Crippen molar-refractivity contribution in [2.45, 2.75) is 39.3 Å². The minimum atomic E-state index is 0.0416. The predicted octanol–water partition coefficient (Wildman–Crippen LogP) is 3.38. The van der Waals surface area contributed by atoms with E-state index in [0.717, 1.165) is 24.4 Å². The van der Waals surface area contributed by atoms with Crippen LogP contribution in [-0.2, 0) is 4.74 Å². The number of aromatic nitrogens is 4. The smallest absolute Gasteiger partial charge is 0.195 e. The number of nitrogens with zero attached hydrogens (tertiary/aromatic N) is 3. The molecule has 2 unspecified atom stereocenters. The van der Waals surface area contributed by atoms with Crippen molar-refractivity contribution in [3.63, 3.8) is 0 Å². The molecule has 0 aliphatic heterocycles. The Labute approximate surface area is 129 Å². The number of hydrogen-bond acceptors (Lipinski definition) is 4. The third kappa shape index (κ3) is 2.32. The first-order valence-electron chi connectivity index (χ1n) is 7.24. The predicted molar refractivity (Wildman–Crippen MR) is 83.5 cm³/mol. The summed E-state index contributed by atoms with van der Waals surface area (Å²) in [6.45, 7) is 7.24. The average Bonchev–Trinajstić information content (AvgIpc) is 2.85. The lowest BCUT2D eigenvalue weighted by atomic mass is 9.64. The fourth-order valence-electron chi connectivity index (χ4n) is 3.08. The molecule has 1 saturated carbocycles. The summed E-state index contributed by atoms with van der Waals surface area (Å²) in [5.74, 6) is 0.871. The van der Waals surface area contributed by atoms with E-state index in [9.17, 15) is 0 Å². The van der Waals surface area contributed by atoms with Crippen molar-refractivity contribution in [1.82, 2.24) is 19.7 Å². The summed E-state index contributed by atoms with van der Waals surface area (Å²) in [6.07, 6.45) is 4.78. The highest BCUT2D eigenvalue weighted by atomic mass is 32.1. The molecule has 0 spiro atoms. The molecule has 0 aromatic carbocycles. The quantitative estimate of drug-likeness (QED) is 0.880. The molecule has 2 atom stereocenters. The highest BCUT2D eigenvalue weighted by Crippen LogP contribution is 2.52. The van der Waals surface area contributed by atoms with Crippen molar-refractivity contribution in [3.05, 3.63) is 29.3 Å². The Morgan fingerprint density at radius 1 is 1.43 bits per heavy atom. The molecule has 1 aliphatic rings. The molecule has 2 aromatic rings. The molecular weight excluding hydrogens is 284 g/mol. The molecule has 6 heteroatoms. The van der Waals surface area contributed by atoms with Crippen LogP contribution in [0.3, 0.4) is 0 Å². The Balaban J connectivity index is 1.98. The standard InChI is InChI=1S/C15H20N4OS/c1-4-20-12-9-11(15(12,2)3)19-13(17-18-14(19)21)10-5-7-16-8-6-10/h5-8,11-12H,4,9H2,1-3H3,(H,18,21). The number of pyridine rings is 1. The monoisotopic (exact) mass is 304 g/mol. The summed E-state index contributed by atoms with van der Waals surface area (Å²) in [6, 6.07) is 4.20. The van der Waals surface area contributed by atoms with Gasteiger partial charge in [-0.2, -0.15) is 5.10 Å². The lowest BCUT2D eigenvalue weighted by Crippen LogP contribution is -2.51. The molecule has 1 N–H and O–H groups in total. The van der Waals surface area contributed by atoms with Gasteiger partial charge in [0.05, 0.1) is 6.10 Å². The van der Waals surface area contributed by atoms with Crippen LogP contribution in [0.5, 0.6) is 0 Å². The number of nitrogens with one attached hydrogen (secondary N) is 1. The van der Waals surface area contributed by atoms with E-state index < -0.39 is 0 Å². The lowest BCUT2D eigenvalue weighted by Gasteiger charge is -2.52. The van der Waals surface area contributed by atoms with Crippen LogP contribution in [-0.4, -0.2) is 32.5 Å². The SMILES string of the molecule is CCOC1CC(n2c(-c3ccncc3)n[nH]c2=S)C1(C)C. The Morgan fingerprint density at radius 3 is 2.76 bits per heavy atom. The van der Waals surface area contributed by atoms with E-state index in [2.05, 4.69) is 33.6 Å². The van der Waals surface area contributed by atoms with Gasteiger partial charge in [0, 0.05) is 36.0 Å². The highest BCUT2D eigenvalue weighted by molar-refractivity contribution is 7.71. The van der Waals surface area contributed by atoms with E-state index in [1.807, 2.05) is 19.1 Å². The number of H-pyrrole nitrogens is 1. The zero-order valence-electron chi connectivity index (χ0n) is 12.5. The molecule has 1 fully saturated rings. The van der Waals surface area contributed by atoms with Gasteiger partial charge in [0.2, 0.25) is 0 Å². The Hall–Kier alpha value is -1.53.